The second-order valence-corrected chi connectivity index (χ2v) is 9.85. The fraction of sp³-hybridized carbons (Fsp3) is 0.350. The van der Waals surface area contributed by atoms with E-state index < -0.39 is 32.4 Å². The van der Waals surface area contributed by atoms with Crippen LogP contribution in [0.4, 0.5) is 4.39 Å². The van der Waals surface area contributed by atoms with Crippen LogP contribution in [0.5, 0.6) is 5.88 Å². The Balaban J connectivity index is 1.76. The van der Waals surface area contributed by atoms with Crippen LogP contribution in [0.25, 0.3) is 11.1 Å². The number of sulfone groups is 1. The molecule has 166 valence electrons. The Morgan fingerprint density at radius 2 is 2.06 bits per heavy atom. The van der Waals surface area contributed by atoms with E-state index >= 15 is 0 Å². The van der Waals surface area contributed by atoms with E-state index in [-0.39, 0.29) is 12.8 Å². The molecular weight excluding hydrogens is 429 g/mol. The molecule has 2 heterocycles. The molecule has 1 aromatic heterocycles. The minimum absolute atomic E-state index is 0.173. The number of aromatic nitrogens is 1. The molecule has 1 aliphatic rings. The molecule has 1 aromatic carbocycles. The van der Waals surface area contributed by atoms with Crippen LogP contribution in [0.2, 0.25) is 0 Å². The molecule has 2 N–H and O–H groups in total. The number of carbonyl (C=O) groups excluding carboxylic acids is 1. The Morgan fingerprint density at radius 3 is 2.61 bits per heavy atom. The van der Waals surface area contributed by atoms with Crippen molar-refractivity contribution in [1.82, 2.24) is 10.5 Å². The van der Waals surface area contributed by atoms with Crippen molar-refractivity contribution >= 4 is 21.5 Å². The van der Waals surface area contributed by atoms with Crippen LogP contribution in [0.3, 0.4) is 0 Å². The van der Waals surface area contributed by atoms with Crippen LogP contribution in [0, 0.1) is 5.82 Å². The highest BCUT2D eigenvalue weighted by molar-refractivity contribution is 7.92. The summed E-state index contributed by atoms with van der Waals surface area (Å²) in [6, 6.07) is 7.88. The summed E-state index contributed by atoms with van der Waals surface area (Å²) < 4.78 is 42.1. The predicted octanol–water partition coefficient (Wildman–Crippen LogP) is 2.09. The number of pyridine rings is 1. The largest absolute Gasteiger partial charge is 0.481 e. The standard InChI is InChI=1S/C20H22FN3O6S/c1-20(19(25)23-26,31(3,27)28)10-14-9-17(24-30-14)12-4-6-15(16(21)8-12)13-5-7-18(29-2)22-11-13/h4-8,11,14,26H,9-10H2,1-3H3,(H,23,25)/t14-,20?/m1/s1. The molecule has 1 unspecified atom stereocenters. The molecule has 0 bridgehead atoms. The number of oxime groups is 1. The van der Waals surface area contributed by atoms with Crippen LogP contribution in [-0.2, 0) is 19.5 Å². The third-order valence-corrected chi connectivity index (χ3v) is 7.30. The van der Waals surface area contributed by atoms with E-state index in [1.165, 1.54) is 31.8 Å². The van der Waals surface area contributed by atoms with E-state index in [1.807, 2.05) is 0 Å². The van der Waals surface area contributed by atoms with Crippen LogP contribution in [0.1, 0.15) is 25.3 Å². The molecule has 2 aromatic rings. The zero-order valence-electron chi connectivity index (χ0n) is 17.1. The summed E-state index contributed by atoms with van der Waals surface area (Å²) in [5.41, 5.74) is 3.20. The van der Waals surface area contributed by atoms with Gasteiger partial charge in [-0.15, -0.1) is 0 Å². The van der Waals surface area contributed by atoms with E-state index in [0.717, 1.165) is 6.26 Å². The molecule has 31 heavy (non-hydrogen) atoms. The Labute approximate surface area is 178 Å². The van der Waals surface area contributed by atoms with E-state index in [1.54, 1.807) is 24.3 Å². The minimum Gasteiger partial charge on any atom is -0.481 e. The number of carbonyl (C=O) groups is 1. The predicted molar refractivity (Wildman–Crippen MR) is 110 cm³/mol. The molecule has 0 spiro atoms. The third-order valence-electron chi connectivity index (χ3n) is 5.31. The number of amides is 1. The molecule has 1 aliphatic heterocycles. The van der Waals surface area contributed by atoms with E-state index in [2.05, 4.69) is 10.1 Å². The molecule has 0 fully saturated rings. The van der Waals surface area contributed by atoms with Crippen molar-refractivity contribution in [2.45, 2.75) is 30.6 Å². The second-order valence-electron chi connectivity index (χ2n) is 7.40. The zero-order chi connectivity index (χ0) is 22.8. The lowest BCUT2D eigenvalue weighted by atomic mass is 9.95. The van der Waals surface area contributed by atoms with Gasteiger partial charge in [0.1, 0.15) is 11.9 Å². The van der Waals surface area contributed by atoms with Gasteiger partial charge >= 0.3 is 0 Å². The summed E-state index contributed by atoms with van der Waals surface area (Å²) in [4.78, 5) is 21.3. The minimum atomic E-state index is -3.87. The van der Waals surface area contributed by atoms with Gasteiger partial charge in [-0.05, 0) is 19.1 Å². The Morgan fingerprint density at radius 1 is 1.35 bits per heavy atom. The maximum absolute atomic E-state index is 14.7. The third kappa shape index (κ3) is 4.52. The van der Waals surface area contributed by atoms with Crippen molar-refractivity contribution in [3.63, 3.8) is 0 Å². The molecule has 0 radical (unpaired) electrons. The average molecular weight is 451 g/mol. The molecule has 1 amide bonds. The Hall–Kier alpha value is -3.05. The number of ether oxygens (including phenoxy) is 1. The molecule has 3 rings (SSSR count). The summed E-state index contributed by atoms with van der Waals surface area (Å²) in [5.74, 6) is -1.13. The van der Waals surface area contributed by atoms with Gasteiger partial charge in [-0.3, -0.25) is 10.0 Å². The topological polar surface area (TPSA) is 127 Å². The van der Waals surface area contributed by atoms with Gasteiger partial charge in [0.15, 0.2) is 14.6 Å². The van der Waals surface area contributed by atoms with Crippen LogP contribution < -0.4 is 10.2 Å². The molecule has 9 nitrogen and oxygen atoms in total. The highest BCUT2D eigenvalue weighted by Gasteiger charge is 2.47. The second kappa shape index (κ2) is 8.60. The average Bonchev–Trinajstić information content (AvgIpc) is 3.20. The highest BCUT2D eigenvalue weighted by atomic mass is 32.2. The lowest BCUT2D eigenvalue weighted by molar-refractivity contribution is -0.132. The van der Waals surface area contributed by atoms with Crippen molar-refractivity contribution in [3.05, 3.63) is 47.9 Å². The summed E-state index contributed by atoms with van der Waals surface area (Å²) in [7, 11) is -2.38. The van der Waals surface area contributed by atoms with Gasteiger partial charge in [-0.2, -0.15) is 0 Å². The molecule has 2 atom stereocenters. The van der Waals surface area contributed by atoms with Gasteiger partial charge in [0.05, 0.1) is 12.8 Å². The SMILES string of the molecule is COc1ccc(-c2ccc(C3=NO[C@@H](CC(C)(C(=O)NO)S(C)(=O)=O)C3)cc2F)cn1. The molecule has 0 aliphatic carbocycles. The first-order valence-electron chi connectivity index (χ1n) is 9.26. The quantitative estimate of drug-likeness (QED) is 0.487. The number of methoxy groups -OCH3 is 1. The fourth-order valence-electron chi connectivity index (χ4n) is 3.26. The lowest BCUT2D eigenvalue weighted by Crippen LogP contribution is -2.51. The zero-order valence-corrected chi connectivity index (χ0v) is 17.9. The first kappa shape index (κ1) is 22.6. The summed E-state index contributed by atoms with van der Waals surface area (Å²) >= 11 is 0. The molecular formula is C20H22FN3O6S. The molecule has 11 heteroatoms. The molecule has 0 saturated heterocycles. The maximum atomic E-state index is 14.7. The number of nitrogens with one attached hydrogen (secondary N) is 1. The number of benzene rings is 1. The van der Waals surface area contributed by atoms with Gasteiger partial charge in [0, 0.05) is 48.1 Å². The number of nitrogens with zero attached hydrogens (tertiary/aromatic N) is 2. The van der Waals surface area contributed by atoms with E-state index in [9.17, 15) is 17.6 Å². The first-order valence-corrected chi connectivity index (χ1v) is 11.2. The number of hydrogen-bond acceptors (Lipinski definition) is 8. The number of rotatable bonds is 7. The lowest BCUT2D eigenvalue weighted by Gasteiger charge is -2.26. The first-order chi connectivity index (χ1) is 14.6. The Bertz CT molecular complexity index is 1120. The van der Waals surface area contributed by atoms with Crippen LogP contribution in [0.15, 0.2) is 41.7 Å². The van der Waals surface area contributed by atoms with Gasteiger partial charge < -0.3 is 9.57 Å². The van der Waals surface area contributed by atoms with Crippen molar-refractivity contribution in [3.8, 4) is 17.0 Å². The summed E-state index contributed by atoms with van der Waals surface area (Å²) in [5, 5.41) is 12.9. The van der Waals surface area contributed by atoms with Gasteiger partial charge in [-0.25, -0.2) is 23.3 Å². The maximum Gasteiger partial charge on any atom is 0.264 e. The van der Waals surface area contributed by atoms with Crippen molar-refractivity contribution in [2.75, 3.05) is 13.4 Å². The summed E-state index contributed by atoms with van der Waals surface area (Å²) in [6.45, 7) is 1.20. The molecule has 0 saturated carbocycles. The highest BCUT2D eigenvalue weighted by Crippen LogP contribution is 2.31. The smallest absolute Gasteiger partial charge is 0.264 e. The van der Waals surface area contributed by atoms with Crippen LogP contribution >= 0.6 is 0 Å². The normalized spacial score (nSPS) is 18.0. The fourth-order valence-corrected chi connectivity index (χ4v) is 4.13. The van der Waals surface area contributed by atoms with Crippen LogP contribution in [-0.4, -0.2) is 54.4 Å². The van der Waals surface area contributed by atoms with E-state index in [0.29, 0.717) is 28.3 Å². The van der Waals surface area contributed by atoms with Gasteiger partial charge in [0.2, 0.25) is 5.88 Å². The number of hydrogen-bond donors (Lipinski definition) is 2. The van der Waals surface area contributed by atoms with Crippen molar-refractivity contribution in [1.29, 1.82) is 0 Å². The van der Waals surface area contributed by atoms with Gasteiger partial charge in [-0.1, -0.05) is 17.3 Å². The summed E-state index contributed by atoms with van der Waals surface area (Å²) in [6.07, 6.45) is 1.61. The Kier molecular flexibility index (Phi) is 6.27. The number of halogens is 1. The van der Waals surface area contributed by atoms with E-state index in [4.69, 9.17) is 14.8 Å². The van der Waals surface area contributed by atoms with Crippen molar-refractivity contribution < 1.29 is 32.4 Å². The van der Waals surface area contributed by atoms with Gasteiger partial charge in [0.25, 0.3) is 5.91 Å². The monoisotopic (exact) mass is 451 g/mol. The van der Waals surface area contributed by atoms with Crippen molar-refractivity contribution in [2.24, 2.45) is 5.16 Å². The number of hydroxylamine groups is 1.